The van der Waals surface area contributed by atoms with Crippen molar-refractivity contribution in [1.82, 2.24) is 5.32 Å². The fraction of sp³-hybridized carbons (Fsp3) is 0.400. The van der Waals surface area contributed by atoms with Crippen LogP contribution >= 0.6 is 11.6 Å². The van der Waals surface area contributed by atoms with Gasteiger partial charge in [-0.3, -0.25) is 4.79 Å². The highest BCUT2D eigenvalue weighted by molar-refractivity contribution is 6.32. The minimum Gasteiger partial charge on any atom is -0.493 e. The zero-order chi connectivity index (χ0) is 15.8. The Labute approximate surface area is 129 Å². The molecule has 114 valence electrons. The third kappa shape index (κ3) is 5.54. The molecule has 1 amide bonds. The predicted octanol–water partition coefficient (Wildman–Crippen LogP) is 1.71. The summed E-state index contributed by atoms with van der Waals surface area (Å²) in [7, 11) is 1.50. The molecule has 1 atom stereocenters. The van der Waals surface area contributed by atoms with Gasteiger partial charge in [-0.05, 0) is 24.6 Å². The topological polar surface area (TPSA) is 73.6 Å². The number of hydrogen-bond acceptors (Lipinski definition) is 4. The molecular weight excluding hydrogens is 292 g/mol. The van der Waals surface area contributed by atoms with Gasteiger partial charge >= 0.3 is 0 Å². The number of primary amides is 1. The van der Waals surface area contributed by atoms with Crippen molar-refractivity contribution in [2.45, 2.75) is 25.9 Å². The minimum atomic E-state index is -0.582. The van der Waals surface area contributed by atoms with E-state index in [2.05, 4.69) is 11.2 Å². The van der Waals surface area contributed by atoms with Gasteiger partial charge in [-0.1, -0.05) is 11.6 Å². The fourth-order valence-electron chi connectivity index (χ4n) is 1.70. The maximum absolute atomic E-state index is 10.8. The Morgan fingerprint density at radius 1 is 1.57 bits per heavy atom. The highest BCUT2D eigenvalue weighted by Crippen LogP contribution is 2.36. The van der Waals surface area contributed by atoms with Crippen LogP contribution in [0.5, 0.6) is 11.5 Å². The van der Waals surface area contributed by atoms with E-state index in [1.165, 1.54) is 7.11 Å². The Kier molecular flexibility index (Phi) is 6.86. The number of hydrogen-bond donors (Lipinski definition) is 2. The van der Waals surface area contributed by atoms with Crippen LogP contribution in [0.4, 0.5) is 0 Å². The molecule has 5 nitrogen and oxygen atoms in total. The van der Waals surface area contributed by atoms with Crippen LogP contribution in [-0.4, -0.2) is 25.7 Å². The Balaban J connectivity index is 2.83. The van der Waals surface area contributed by atoms with Crippen molar-refractivity contribution in [2.75, 3.05) is 13.7 Å². The summed E-state index contributed by atoms with van der Waals surface area (Å²) >= 11 is 6.16. The molecule has 0 aliphatic carbocycles. The van der Waals surface area contributed by atoms with E-state index in [1.54, 1.807) is 12.1 Å². The molecule has 0 aliphatic heterocycles. The van der Waals surface area contributed by atoms with E-state index in [0.717, 1.165) is 5.56 Å². The average molecular weight is 311 g/mol. The molecule has 0 spiro atoms. The number of benzene rings is 1. The van der Waals surface area contributed by atoms with E-state index in [1.807, 2.05) is 6.92 Å². The molecule has 0 saturated heterocycles. The van der Waals surface area contributed by atoms with E-state index < -0.39 is 5.91 Å². The van der Waals surface area contributed by atoms with Crippen molar-refractivity contribution in [3.8, 4) is 23.8 Å². The van der Waals surface area contributed by atoms with Gasteiger partial charge in [0.1, 0.15) is 0 Å². The SMILES string of the molecule is C#CCC(C)NCc1cc(Cl)c(OCC(N)=O)c(OC)c1. The lowest BCUT2D eigenvalue weighted by molar-refractivity contribution is -0.119. The van der Waals surface area contributed by atoms with E-state index in [9.17, 15) is 4.79 Å². The summed E-state index contributed by atoms with van der Waals surface area (Å²) in [6.45, 7) is 2.34. The Morgan fingerprint density at radius 2 is 2.29 bits per heavy atom. The number of rotatable bonds is 8. The lowest BCUT2D eigenvalue weighted by atomic mass is 10.1. The molecule has 0 radical (unpaired) electrons. The molecule has 0 aromatic heterocycles. The van der Waals surface area contributed by atoms with Gasteiger partial charge in [-0.25, -0.2) is 0 Å². The van der Waals surface area contributed by atoms with Crippen LogP contribution in [0.2, 0.25) is 5.02 Å². The first-order valence-corrected chi connectivity index (χ1v) is 6.80. The molecule has 0 heterocycles. The van der Waals surface area contributed by atoms with Crippen molar-refractivity contribution < 1.29 is 14.3 Å². The Morgan fingerprint density at radius 3 is 2.86 bits per heavy atom. The number of methoxy groups -OCH3 is 1. The number of nitrogens with two attached hydrogens (primary N) is 1. The van der Waals surface area contributed by atoms with Crippen molar-refractivity contribution >= 4 is 17.5 Å². The van der Waals surface area contributed by atoms with E-state index in [-0.39, 0.29) is 12.6 Å². The molecule has 1 aromatic rings. The van der Waals surface area contributed by atoms with Gasteiger partial charge in [0.2, 0.25) is 0 Å². The standard InChI is InChI=1S/C15H19ClN2O3/c1-4-5-10(2)18-8-11-6-12(16)15(13(7-11)20-3)21-9-14(17)19/h1,6-7,10,18H,5,8-9H2,2-3H3,(H2,17,19). The fourth-order valence-corrected chi connectivity index (χ4v) is 1.99. The van der Waals surface area contributed by atoms with Gasteiger partial charge in [-0.2, -0.15) is 0 Å². The third-order valence-electron chi connectivity index (χ3n) is 2.73. The molecule has 0 fully saturated rings. The largest absolute Gasteiger partial charge is 0.493 e. The molecule has 1 aromatic carbocycles. The summed E-state index contributed by atoms with van der Waals surface area (Å²) in [5, 5.41) is 3.63. The molecule has 0 saturated carbocycles. The molecule has 1 rings (SSSR count). The van der Waals surface area contributed by atoms with Gasteiger partial charge in [-0.15, -0.1) is 12.3 Å². The van der Waals surface area contributed by atoms with Crippen molar-refractivity contribution in [3.63, 3.8) is 0 Å². The van der Waals surface area contributed by atoms with Gasteiger partial charge in [0, 0.05) is 19.0 Å². The first-order chi connectivity index (χ1) is 9.97. The van der Waals surface area contributed by atoms with E-state index >= 15 is 0 Å². The maximum atomic E-state index is 10.8. The highest BCUT2D eigenvalue weighted by Gasteiger charge is 2.13. The lowest BCUT2D eigenvalue weighted by Gasteiger charge is -2.15. The normalized spacial score (nSPS) is 11.5. The van der Waals surface area contributed by atoms with Crippen LogP contribution in [0.15, 0.2) is 12.1 Å². The molecule has 3 N–H and O–H groups in total. The Bertz CT molecular complexity index is 540. The number of carbonyl (C=O) groups is 1. The van der Waals surface area contributed by atoms with Gasteiger partial charge in [0.15, 0.2) is 18.1 Å². The van der Waals surface area contributed by atoms with Gasteiger partial charge < -0.3 is 20.5 Å². The van der Waals surface area contributed by atoms with Crippen LogP contribution < -0.4 is 20.5 Å². The summed E-state index contributed by atoms with van der Waals surface area (Å²) in [4.78, 5) is 10.8. The third-order valence-corrected chi connectivity index (χ3v) is 3.01. The number of nitrogens with one attached hydrogen (secondary N) is 1. The zero-order valence-electron chi connectivity index (χ0n) is 12.1. The van der Waals surface area contributed by atoms with Crippen LogP contribution in [0.1, 0.15) is 18.9 Å². The van der Waals surface area contributed by atoms with Gasteiger partial charge in [0.25, 0.3) is 5.91 Å². The second-order valence-electron chi connectivity index (χ2n) is 4.55. The van der Waals surface area contributed by atoms with Crippen molar-refractivity contribution in [2.24, 2.45) is 5.73 Å². The first-order valence-electron chi connectivity index (χ1n) is 6.42. The second-order valence-corrected chi connectivity index (χ2v) is 4.96. The van der Waals surface area contributed by atoms with Gasteiger partial charge in [0.05, 0.1) is 12.1 Å². The summed E-state index contributed by atoms with van der Waals surface area (Å²) < 4.78 is 10.5. The van der Waals surface area contributed by atoms with Crippen LogP contribution in [-0.2, 0) is 11.3 Å². The van der Waals surface area contributed by atoms with E-state index in [4.69, 9.17) is 33.2 Å². The molecule has 1 unspecified atom stereocenters. The first kappa shape index (κ1) is 17.2. The number of amides is 1. The summed E-state index contributed by atoms with van der Waals surface area (Å²) in [5.74, 6) is 2.77. The number of carbonyl (C=O) groups excluding carboxylic acids is 1. The molecular formula is C15H19ClN2O3. The van der Waals surface area contributed by atoms with Crippen molar-refractivity contribution in [3.05, 3.63) is 22.7 Å². The maximum Gasteiger partial charge on any atom is 0.255 e. The second kappa shape index (κ2) is 8.40. The summed E-state index contributed by atoms with van der Waals surface area (Å²) in [5.41, 5.74) is 5.97. The Hall–Kier alpha value is -1.90. The zero-order valence-corrected chi connectivity index (χ0v) is 12.9. The highest BCUT2D eigenvalue weighted by atomic mass is 35.5. The number of halogens is 1. The van der Waals surface area contributed by atoms with Crippen LogP contribution in [0.25, 0.3) is 0 Å². The number of ether oxygens (including phenoxy) is 2. The molecule has 21 heavy (non-hydrogen) atoms. The molecule has 0 bridgehead atoms. The predicted molar refractivity (Wildman–Crippen MR) is 82.4 cm³/mol. The monoisotopic (exact) mass is 310 g/mol. The lowest BCUT2D eigenvalue weighted by Crippen LogP contribution is -2.25. The van der Waals surface area contributed by atoms with Crippen LogP contribution in [0.3, 0.4) is 0 Å². The quantitative estimate of drug-likeness (QED) is 0.717. The minimum absolute atomic E-state index is 0.200. The molecule has 6 heteroatoms. The summed E-state index contributed by atoms with van der Waals surface area (Å²) in [6, 6.07) is 3.74. The van der Waals surface area contributed by atoms with Crippen molar-refractivity contribution in [1.29, 1.82) is 0 Å². The molecule has 0 aliphatic rings. The number of terminal acetylenes is 1. The average Bonchev–Trinajstić information content (AvgIpc) is 2.43. The van der Waals surface area contributed by atoms with E-state index in [0.29, 0.717) is 29.5 Å². The summed E-state index contributed by atoms with van der Waals surface area (Å²) in [6.07, 6.45) is 5.90. The smallest absolute Gasteiger partial charge is 0.255 e. The van der Waals surface area contributed by atoms with Crippen LogP contribution in [0, 0.1) is 12.3 Å².